The van der Waals surface area contributed by atoms with E-state index in [4.69, 9.17) is 4.74 Å². The number of carbonyl (C=O) groups excluding carboxylic acids is 1. The highest BCUT2D eigenvalue weighted by atomic mass is 16.6. The zero-order chi connectivity index (χ0) is 19.3. The minimum atomic E-state index is -0.196. The lowest BCUT2D eigenvalue weighted by Crippen LogP contribution is -2.47. The first-order chi connectivity index (χ1) is 13.2. The Morgan fingerprint density at radius 3 is 2.33 bits per heavy atom. The molecular formula is C23H30N2O2. The molecule has 1 spiro atoms. The van der Waals surface area contributed by atoms with Crippen LogP contribution < -0.4 is 4.90 Å². The van der Waals surface area contributed by atoms with Crippen LogP contribution in [0.2, 0.25) is 0 Å². The molecule has 0 bridgehead atoms. The number of ether oxygens (including phenoxy) is 1. The van der Waals surface area contributed by atoms with E-state index in [-0.39, 0.29) is 11.5 Å². The predicted molar refractivity (Wildman–Crippen MR) is 110 cm³/mol. The van der Waals surface area contributed by atoms with E-state index in [0.29, 0.717) is 6.61 Å². The van der Waals surface area contributed by atoms with Crippen molar-refractivity contribution < 1.29 is 9.53 Å². The number of piperidine rings is 1. The van der Waals surface area contributed by atoms with E-state index in [9.17, 15) is 4.79 Å². The lowest BCUT2D eigenvalue weighted by Gasteiger charge is -2.39. The molecule has 2 aromatic carbocycles. The Kier molecular flexibility index (Phi) is 6.04. The third kappa shape index (κ3) is 3.95. The van der Waals surface area contributed by atoms with Gasteiger partial charge < -0.3 is 14.5 Å². The molecule has 0 radical (unpaired) electrons. The topological polar surface area (TPSA) is 32.8 Å². The number of hydrogen-bond donors (Lipinski definition) is 0. The monoisotopic (exact) mass is 366 g/mol. The van der Waals surface area contributed by atoms with Gasteiger partial charge in [0.2, 0.25) is 0 Å². The zero-order valence-electron chi connectivity index (χ0n) is 16.6. The van der Waals surface area contributed by atoms with Gasteiger partial charge in [0.05, 0.1) is 0 Å². The summed E-state index contributed by atoms with van der Waals surface area (Å²) in [5.74, 6) is 0. The Hall–Kier alpha value is -2.49. The number of fused-ring (bicyclic) bond motifs is 2. The second-order valence-corrected chi connectivity index (χ2v) is 7.18. The number of anilines is 1. The largest absolute Gasteiger partial charge is 0.445 e. The number of likely N-dealkylation sites (N-methyl/N-ethyl adjacent to an activating group) is 1. The van der Waals surface area contributed by atoms with Gasteiger partial charge in [-0.05, 0) is 30.0 Å². The van der Waals surface area contributed by atoms with E-state index in [1.165, 1.54) is 11.3 Å². The van der Waals surface area contributed by atoms with Gasteiger partial charge in [-0.3, -0.25) is 0 Å². The van der Waals surface area contributed by atoms with Gasteiger partial charge in [-0.1, -0.05) is 62.4 Å². The average molecular weight is 367 g/mol. The second-order valence-electron chi connectivity index (χ2n) is 7.18. The van der Waals surface area contributed by atoms with Crippen molar-refractivity contribution in [2.45, 2.75) is 38.7 Å². The summed E-state index contributed by atoms with van der Waals surface area (Å²) in [6.45, 7) is 6.90. The first kappa shape index (κ1) is 19.3. The molecule has 0 aliphatic carbocycles. The van der Waals surface area contributed by atoms with Crippen LogP contribution in [-0.2, 0) is 16.8 Å². The summed E-state index contributed by atoms with van der Waals surface area (Å²) in [7, 11) is 2.16. The number of hydrogen-bond acceptors (Lipinski definition) is 3. The molecule has 2 heterocycles. The van der Waals surface area contributed by atoms with Crippen molar-refractivity contribution in [2.24, 2.45) is 0 Å². The van der Waals surface area contributed by atoms with Crippen LogP contribution >= 0.6 is 0 Å². The molecule has 144 valence electrons. The number of benzene rings is 2. The molecule has 4 rings (SSSR count). The van der Waals surface area contributed by atoms with Crippen molar-refractivity contribution in [1.82, 2.24) is 4.90 Å². The van der Waals surface area contributed by atoms with E-state index in [1.54, 1.807) is 0 Å². The van der Waals surface area contributed by atoms with Gasteiger partial charge in [0.25, 0.3) is 0 Å². The standard InChI is InChI=1S/C21H24N2O2.C2H6/c1-22-16-21(18-9-5-6-10-19(18)22)11-13-23(14-12-21)20(24)25-15-17-7-3-2-4-8-17;1-2/h2-10H,11-16H2,1H3;1-2H3. The molecule has 0 saturated carbocycles. The van der Waals surface area contributed by atoms with Crippen LogP contribution in [0.25, 0.3) is 0 Å². The van der Waals surface area contributed by atoms with Crippen molar-refractivity contribution in [1.29, 1.82) is 0 Å². The third-order valence-electron chi connectivity index (χ3n) is 5.61. The summed E-state index contributed by atoms with van der Waals surface area (Å²) < 4.78 is 5.49. The van der Waals surface area contributed by atoms with Crippen molar-refractivity contribution in [3.05, 3.63) is 65.7 Å². The minimum absolute atomic E-state index is 0.182. The highest BCUT2D eigenvalue weighted by Gasteiger charge is 2.44. The van der Waals surface area contributed by atoms with E-state index in [2.05, 4.69) is 36.2 Å². The minimum Gasteiger partial charge on any atom is -0.445 e. The second kappa shape index (κ2) is 8.47. The first-order valence-corrected chi connectivity index (χ1v) is 9.94. The quantitative estimate of drug-likeness (QED) is 0.763. The maximum atomic E-state index is 12.4. The van der Waals surface area contributed by atoms with Crippen LogP contribution in [0.3, 0.4) is 0 Å². The molecule has 0 N–H and O–H groups in total. The van der Waals surface area contributed by atoms with Crippen molar-refractivity contribution in [3.63, 3.8) is 0 Å². The molecule has 1 fully saturated rings. The van der Waals surface area contributed by atoms with Gasteiger partial charge >= 0.3 is 6.09 Å². The maximum absolute atomic E-state index is 12.4. The number of rotatable bonds is 2. The Morgan fingerprint density at radius 2 is 1.63 bits per heavy atom. The molecule has 2 aliphatic rings. The van der Waals surface area contributed by atoms with Crippen LogP contribution in [0.4, 0.5) is 10.5 Å². The van der Waals surface area contributed by atoms with Gasteiger partial charge in [-0.25, -0.2) is 4.79 Å². The highest BCUT2D eigenvalue weighted by molar-refractivity contribution is 5.68. The van der Waals surface area contributed by atoms with Gasteiger partial charge in [0.15, 0.2) is 0 Å². The molecule has 1 saturated heterocycles. The Morgan fingerprint density at radius 1 is 1.00 bits per heavy atom. The molecule has 0 atom stereocenters. The number of likely N-dealkylation sites (tertiary alicyclic amines) is 1. The number of para-hydroxylation sites is 1. The molecule has 27 heavy (non-hydrogen) atoms. The summed E-state index contributed by atoms with van der Waals surface area (Å²) >= 11 is 0. The summed E-state index contributed by atoms with van der Waals surface area (Å²) in [5, 5.41) is 0. The van der Waals surface area contributed by atoms with Crippen LogP contribution in [0.15, 0.2) is 54.6 Å². The highest BCUT2D eigenvalue weighted by Crippen LogP contribution is 2.46. The van der Waals surface area contributed by atoms with Gasteiger partial charge in [0.1, 0.15) is 6.61 Å². The molecule has 4 heteroatoms. The maximum Gasteiger partial charge on any atom is 0.410 e. The molecular weight excluding hydrogens is 336 g/mol. The average Bonchev–Trinajstić information content (AvgIpc) is 3.01. The SMILES string of the molecule is CC.CN1CC2(CCN(C(=O)OCc3ccccc3)CC2)c2ccccc21. The van der Waals surface area contributed by atoms with Crippen LogP contribution in [-0.4, -0.2) is 37.7 Å². The Balaban J connectivity index is 0.00000102. The van der Waals surface area contributed by atoms with Gasteiger partial charge in [-0.2, -0.15) is 0 Å². The van der Waals surface area contributed by atoms with Gasteiger partial charge in [-0.15, -0.1) is 0 Å². The lowest BCUT2D eigenvalue weighted by atomic mass is 9.74. The lowest BCUT2D eigenvalue weighted by molar-refractivity contribution is 0.0790. The normalized spacial score (nSPS) is 17.1. The predicted octanol–water partition coefficient (Wildman–Crippen LogP) is 4.83. The molecule has 4 nitrogen and oxygen atoms in total. The summed E-state index contributed by atoms with van der Waals surface area (Å²) in [4.78, 5) is 16.6. The number of carbonyl (C=O) groups is 1. The van der Waals surface area contributed by atoms with E-state index < -0.39 is 0 Å². The van der Waals surface area contributed by atoms with E-state index in [1.807, 2.05) is 49.1 Å². The molecule has 1 amide bonds. The van der Waals surface area contributed by atoms with Crippen molar-refractivity contribution in [3.8, 4) is 0 Å². The Bertz CT molecular complexity index is 752. The van der Waals surface area contributed by atoms with Crippen LogP contribution in [0.1, 0.15) is 37.8 Å². The molecule has 0 unspecified atom stereocenters. The van der Waals surface area contributed by atoms with Gasteiger partial charge in [0, 0.05) is 37.8 Å². The first-order valence-electron chi connectivity index (χ1n) is 9.94. The fourth-order valence-electron chi connectivity index (χ4n) is 4.23. The van der Waals surface area contributed by atoms with Crippen LogP contribution in [0.5, 0.6) is 0 Å². The number of amides is 1. The summed E-state index contributed by atoms with van der Waals surface area (Å²) in [6.07, 6.45) is 1.79. The molecule has 2 aromatic rings. The van der Waals surface area contributed by atoms with Crippen molar-refractivity contribution >= 4 is 11.8 Å². The van der Waals surface area contributed by atoms with E-state index >= 15 is 0 Å². The van der Waals surface area contributed by atoms with Crippen LogP contribution in [0, 0.1) is 0 Å². The summed E-state index contributed by atoms with van der Waals surface area (Å²) in [6, 6.07) is 18.5. The number of nitrogens with zero attached hydrogens (tertiary/aromatic N) is 2. The fraction of sp³-hybridized carbons (Fsp3) is 0.435. The van der Waals surface area contributed by atoms with E-state index in [0.717, 1.165) is 38.0 Å². The third-order valence-corrected chi connectivity index (χ3v) is 5.61. The molecule has 0 aromatic heterocycles. The fourth-order valence-corrected chi connectivity index (χ4v) is 4.23. The molecule has 2 aliphatic heterocycles. The Labute approximate surface area is 162 Å². The zero-order valence-corrected chi connectivity index (χ0v) is 16.6. The summed E-state index contributed by atoms with van der Waals surface area (Å²) in [5.41, 5.74) is 3.98. The van der Waals surface area contributed by atoms with Crippen molar-refractivity contribution in [2.75, 3.05) is 31.6 Å². The smallest absolute Gasteiger partial charge is 0.410 e.